The summed E-state index contributed by atoms with van der Waals surface area (Å²) in [4.78, 5) is 20.8. The fourth-order valence-corrected chi connectivity index (χ4v) is 17.4. The Hall–Kier alpha value is -13.3. The summed E-state index contributed by atoms with van der Waals surface area (Å²) in [6, 6.07) is 112. The summed E-state index contributed by atoms with van der Waals surface area (Å²) in [6.07, 6.45) is 0. The number of benzene rings is 16. The molecule has 0 spiro atoms. The second kappa shape index (κ2) is 21.6. The van der Waals surface area contributed by atoms with Crippen LogP contribution in [0.5, 0.6) is 0 Å². The second-order valence-corrected chi connectivity index (χ2v) is 27.3. The lowest BCUT2D eigenvalue weighted by Gasteiger charge is -2.10. The van der Waals surface area contributed by atoms with Crippen LogP contribution in [0, 0.1) is 0 Å². The van der Waals surface area contributed by atoms with Crippen molar-refractivity contribution in [3.8, 4) is 44.8 Å². The highest BCUT2D eigenvalue weighted by molar-refractivity contribution is 7.26. The Balaban J connectivity index is 0.000000133. The molecule has 0 fully saturated rings. The Morgan fingerprint density at radius 1 is 0.228 bits per heavy atom. The Morgan fingerprint density at radius 2 is 0.624 bits per heavy atom. The molecule has 7 aromatic heterocycles. The van der Waals surface area contributed by atoms with Crippen LogP contribution in [0.4, 0.5) is 0 Å². The van der Waals surface area contributed by atoms with Crippen LogP contribution in [-0.2, 0) is 0 Å². The highest BCUT2D eigenvalue weighted by Gasteiger charge is 2.23. The van der Waals surface area contributed by atoms with Gasteiger partial charge in [0.25, 0.3) is 0 Å². The number of para-hydroxylation sites is 3. The molecule has 23 aromatic rings. The van der Waals surface area contributed by atoms with Gasteiger partial charge in [-0.25, -0.2) is 19.9 Å². The van der Waals surface area contributed by atoms with Gasteiger partial charge in [-0.2, -0.15) is 0 Å². The molecule has 16 aromatic carbocycles. The minimum Gasteiger partial charge on any atom is -0.436 e. The maximum absolute atomic E-state index is 6.43. The number of nitrogens with zero attached hydrogens (tertiary/aromatic N) is 6. The third-order valence-electron chi connectivity index (χ3n) is 20.8. The molecule has 0 unspecified atom stereocenters. The highest BCUT2D eigenvalue weighted by Crippen LogP contribution is 2.45. The molecule has 0 saturated heterocycles. The van der Waals surface area contributed by atoms with E-state index in [1.165, 1.54) is 96.5 Å². The quantitative estimate of drug-likeness (QED) is 0.160. The molecule has 0 aliphatic heterocycles. The third-order valence-corrected chi connectivity index (χ3v) is 22.0. The summed E-state index contributed by atoms with van der Waals surface area (Å²) < 4.78 is 20.1. The van der Waals surface area contributed by atoms with Crippen LogP contribution < -0.4 is 0 Å². The van der Waals surface area contributed by atoms with Gasteiger partial charge in [-0.3, -0.25) is 0 Å². The van der Waals surface area contributed by atoms with E-state index in [9.17, 15) is 0 Å². The molecule has 468 valence electrons. The SMILES string of the molecule is c1cc(-c2ccc3oc4nc5c6ccccc6c6ccccc6c5nc4c3c2)cc(-c2cccc3c2sc2ccccc23)c1.c1ccc(-n2c3ccccc3c3cc(-c4ccc5c(c4)c4ccccc4n5-c4ccc5oc6nc7c8ccccc8c8ccccc8c7nc6c5c4)ccc32)cc1. The van der Waals surface area contributed by atoms with Gasteiger partial charge < -0.3 is 18.0 Å². The predicted octanol–water partition coefficient (Wildman–Crippen LogP) is 25.2. The van der Waals surface area contributed by atoms with Crippen LogP contribution in [0.2, 0.25) is 0 Å². The first-order chi connectivity index (χ1) is 50.1. The molecule has 0 saturated carbocycles. The van der Waals surface area contributed by atoms with Crippen LogP contribution in [0.3, 0.4) is 0 Å². The average molecular weight is 1310 g/mol. The number of aromatic nitrogens is 6. The minimum atomic E-state index is 0.547. The first-order valence-corrected chi connectivity index (χ1v) is 34.9. The molecule has 23 rings (SSSR count). The fraction of sp³-hybridized carbons (Fsp3) is 0. The second-order valence-electron chi connectivity index (χ2n) is 26.3. The van der Waals surface area contributed by atoms with Crippen molar-refractivity contribution in [2.45, 2.75) is 0 Å². The van der Waals surface area contributed by atoms with E-state index in [0.29, 0.717) is 11.4 Å². The summed E-state index contributed by atoms with van der Waals surface area (Å²) in [6.45, 7) is 0. The normalized spacial score (nSPS) is 12.2. The standard InChI is InChI=1S/C52H30N4O.C40H22N2OS/c1-2-12-33(13-3-1)55-44-20-10-8-16-37(44)41-28-31(22-25-46(41)55)32-23-26-47-42(29-32)38-17-9-11-21-45(38)56(47)34-24-27-48-43(30-34)51-52(57-48)54-50-40-19-7-5-15-36(40)35-14-4-6-18-39(35)49(50)53-51;1-3-14-30-27(11-1)28-12-2-4-15-31(28)37-36(30)41-38-33-22-24(19-20-34(33)43-40(38)42-37)23-9-7-10-25(21-23)26-16-8-17-32-29-13-5-6-18-35(29)44-39(26)32/h1-30H;1-22H. The lowest BCUT2D eigenvalue weighted by atomic mass is 9.97. The molecule has 9 heteroatoms. The number of hydrogen-bond donors (Lipinski definition) is 0. The number of thiophene rings is 1. The average Bonchev–Trinajstić information content (AvgIpc) is 1.73. The van der Waals surface area contributed by atoms with Gasteiger partial charge in [0.2, 0.25) is 11.4 Å². The molecule has 0 radical (unpaired) electrons. The number of fused-ring (bicyclic) bond motifs is 27. The maximum atomic E-state index is 6.43. The van der Waals surface area contributed by atoms with Crippen molar-refractivity contribution in [1.82, 2.24) is 29.1 Å². The van der Waals surface area contributed by atoms with Gasteiger partial charge in [-0.05, 0) is 146 Å². The van der Waals surface area contributed by atoms with Crippen LogP contribution in [0.15, 0.2) is 324 Å². The summed E-state index contributed by atoms with van der Waals surface area (Å²) in [7, 11) is 0. The Labute approximate surface area is 579 Å². The topological polar surface area (TPSA) is 87.7 Å². The van der Waals surface area contributed by atoms with E-state index in [4.69, 9.17) is 28.8 Å². The first-order valence-electron chi connectivity index (χ1n) is 34.1. The smallest absolute Gasteiger partial charge is 0.246 e. The van der Waals surface area contributed by atoms with E-state index in [1.807, 2.05) is 17.4 Å². The molecule has 101 heavy (non-hydrogen) atoms. The lowest BCUT2D eigenvalue weighted by Crippen LogP contribution is -1.94. The van der Waals surface area contributed by atoms with Gasteiger partial charge >= 0.3 is 0 Å². The lowest BCUT2D eigenvalue weighted by molar-refractivity contribution is 0.655. The largest absolute Gasteiger partial charge is 0.436 e. The number of hydrogen-bond acceptors (Lipinski definition) is 7. The van der Waals surface area contributed by atoms with E-state index in [-0.39, 0.29) is 0 Å². The number of furan rings is 2. The van der Waals surface area contributed by atoms with Crippen molar-refractivity contribution in [2.75, 3.05) is 0 Å². The zero-order valence-corrected chi connectivity index (χ0v) is 54.7. The fourth-order valence-electron chi connectivity index (χ4n) is 16.2. The third kappa shape index (κ3) is 8.42. The molecule has 0 aliphatic rings. The van der Waals surface area contributed by atoms with Gasteiger partial charge in [0.1, 0.15) is 33.2 Å². The van der Waals surface area contributed by atoms with E-state index < -0.39 is 0 Å². The molecular weight excluding hydrogens is 1250 g/mol. The minimum absolute atomic E-state index is 0.547. The van der Waals surface area contributed by atoms with Crippen LogP contribution in [-0.4, -0.2) is 29.1 Å². The molecule has 0 bridgehead atoms. The van der Waals surface area contributed by atoms with E-state index in [0.717, 1.165) is 110 Å². The Morgan fingerprint density at radius 3 is 1.19 bits per heavy atom. The monoisotopic (exact) mass is 1300 g/mol. The Bertz CT molecular complexity index is 7480. The molecule has 8 nitrogen and oxygen atoms in total. The van der Waals surface area contributed by atoms with Gasteiger partial charge in [-0.15, -0.1) is 11.3 Å². The summed E-state index contributed by atoms with van der Waals surface area (Å²) in [5, 5.41) is 18.5. The zero-order chi connectivity index (χ0) is 66.0. The molecular formula is C92H52N6O2S. The Kier molecular flexibility index (Phi) is 11.9. The van der Waals surface area contributed by atoms with E-state index in [1.54, 1.807) is 0 Å². The van der Waals surface area contributed by atoms with Crippen molar-refractivity contribution in [3.05, 3.63) is 315 Å². The summed E-state index contributed by atoms with van der Waals surface area (Å²) in [5.41, 5.74) is 21.8. The zero-order valence-electron chi connectivity index (χ0n) is 53.9. The van der Waals surface area contributed by atoms with Gasteiger partial charge in [-0.1, -0.05) is 224 Å². The van der Waals surface area contributed by atoms with E-state index >= 15 is 0 Å². The van der Waals surface area contributed by atoms with Gasteiger partial charge in [0.15, 0.2) is 0 Å². The first kappa shape index (κ1) is 55.8. The van der Waals surface area contributed by atoms with Crippen molar-refractivity contribution < 1.29 is 8.83 Å². The van der Waals surface area contributed by atoms with Crippen LogP contribution in [0.25, 0.3) is 218 Å². The predicted molar refractivity (Wildman–Crippen MR) is 422 cm³/mol. The summed E-state index contributed by atoms with van der Waals surface area (Å²) in [5.74, 6) is 0. The van der Waals surface area contributed by atoms with Crippen molar-refractivity contribution >= 4 is 185 Å². The molecule has 0 atom stereocenters. The van der Waals surface area contributed by atoms with Crippen molar-refractivity contribution in [3.63, 3.8) is 0 Å². The van der Waals surface area contributed by atoms with E-state index in [2.05, 4.69) is 319 Å². The highest BCUT2D eigenvalue weighted by atomic mass is 32.1. The molecule has 0 aliphatic carbocycles. The van der Waals surface area contributed by atoms with Crippen molar-refractivity contribution in [2.24, 2.45) is 0 Å². The van der Waals surface area contributed by atoms with Gasteiger partial charge in [0.05, 0.1) is 38.5 Å². The molecule has 7 heterocycles. The van der Waals surface area contributed by atoms with Crippen LogP contribution in [0.1, 0.15) is 0 Å². The summed E-state index contributed by atoms with van der Waals surface area (Å²) >= 11 is 1.86. The van der Waals surface area contributed by atoms with Gasteiger partial charge in [0, 0.05) is 80.0 Å². The number of rotatable bonds is 5. The van der Waals surface area contributed by atoms with Crippen LogP contribution >= 0.6 is 11.3 Å². The molecule has 0 amide bonds. The van der Waals surface area contributed by atoms with Crippen molar-refractivity contribution in [1.29, 1.82) is 0 Å². The maximum Gasteiger partial charge on any atom is 0.246 e. The molecule has 0 N–H and O–H groups in total.